The molecule has 258 valence electrons. The molecular weight excluding hydrogens is 560 g/mol. The molecule has 0 bridgehead atoms. The van der Waals surface area contributed by atoms with Gasteiger partial charge in [0.1, 0.15) is 6.61 Å². The van der Waals surface area contributed by atoms with Crippen LogP contribution in [0.25, 0.3) is 0 Å². The molecule has 0 aromatic rings. The van der Waals surface area contributed by atoms with Gasteiger partial charge in [-0.15, -0.1) is 0 Å². The van der Waals surface area contributed by atoms with Crippen molar-refractivity contribution in [1.29, 1.82) is 0 Å². The topological polar surface area (TPSA) is 72.8 Å². The summed E-state index contributed by atoms with van der Waals surface area (Å²) in [6, 6.07) is 0. The van der Waals surface area contributed by atoms with Crippen LogP contribution in [0.4, 0.5) is 0 Å². The molecule has 0 aromatic heterocycles. The average Bonchev–Trinajstić information content (AvgIpc) is 3.04. The van der Waals surface area contributed by atoms with Crippen molar-refractivity contribution in [2.75, 3.05) is 13.2 Å². The Morgan fingerprint density at radius 3 is 1.47 bits per heavy atom. The summed E-state index contributed by atoms with van der Waals surface area (Å²) in [7, 11) is 0. The van der Waals surface area contributed by atoms with Crippen molar-refractivity contribution in [2.45, 2.75) is 168 Å². The zero-order valence-electron chi connectivity index (χ0n) is 29.1. The van der Waals surface area contributed by atoms with Crippen molar-refractivity contribution in [2.24, 2.45) is 0 Å². The van der Waals surface area contributed by atoms with E-state index in [1.807, 2.05) is 0 Å². The maximum atomic E-state index is 12.1. The van der Waals surface area contributed by atoms with E-state index in [-0.39, 0.29) is 31.6 Å². The van der Waals surface area contributed by atoms with Gasteiger partial charge in [0.15, 0.2) is 6.10 Å². The number of hydrogen-bond acceptors (Lipinski definition) is 5. The Hall–Kier alpha value is -2.40. The molecule has 1 N–H and O–H groups in total. The first kappa shape index (κ1) is 42.6. The molecule has 0 saturated carbocycles. The van der Waals surface area contributed by atoms with E-state index in [0.717, 1.165) is 51.4 Å². The second kappa shape index (κ2) is 36.1. The average molecular weight is 629 g/mol. The number of carbonyl (C=O) groups excluding carboxylic acids is 2. The van der Waals surface area contributed by atoms with E-state index < -0.39 is 6.10 Å². The molecule has 0 radical (unpaired) electrons. The fourth-order valence-corrected chi connectivity index (χ4v) is 4.72. The van der Waals surface area contributed by atoms with E-state index in [1.165, 1.54) is 77.0 Å². The molecule has 0 aliphatic heterocycles. The fraction of sp³-hybridized carbons (Fsp3) is 0.700. The van der Waals surface area contributed by atoms with Gasteiger partial charge in [-0.1, -0.05) is 132 Å². The monoisotopic (exact) mass is 629 g/mol. The second-order valence-electron chi connectivity index (χ2n) is 11.9. The molecule has 0 saturated heterocycles. The normalized spacial score (nSPS) is 12.9. The molecule has 45 heavy (non-hydrogen) atoms. The van der Waals surface area contributed by atoms with Gasteiger partial charge in [-0.3, -0.25) is 9.59 Å². The number of carbonyl (C=O) groups is 2. The van der Waals surface area contributed by atoms with Gasteiger partial charge in [0.2, 0.25) is 0 Å². The Labute approximate surface area is 277 Å². The van der Waals surface area contributed by atoms with Gasteiger partial charge in [-0.2, -0.15) is 0 Å². The first-order chi connectivity index (χ1) is 22.1. The van der Waals surface area contributed by atoms with Crippen LogP contribution in [0.5, 0.6) is 0 Å². The van der Waals surface area contributed by atoms with Gasteiger partial charge in [0.05, 0.1) is 6.61 Å². The zero-order chi connectivity index (χ0) is 32.9. The van der Waals surface area contributed by atoms with Gasteiger partial charge in [-0.25, -0.2) is 0 Å². The third kappa shape index (κ3) is 34.3. The van der Waals surface area contributed by atoms with Crippen LogP contribution in [-0.2, 0) is 19.1 Å². The zero-order valence-corrected chi connectivity index (χ0v) is 29.1. The summed E-state index contributed by atoms with van der Waals surface area (Å²) in [6.45, 7) is 4.03. The minimum absolute atomic E-state index is 0.0941. The molecule has 0 amide bonds. The highest BCUT2D eigenvalue weighted by molar-refractivity contribution is 5.70. The van der Waals surface area contributed by atoms with E-state index in [1.54, 1.807) is 0 Å². The summed E-state index contributed by atoms with van der Waals surface area (Å²) in [4.78, 5) is 24.2. The van der Waals surface area contributed by atoms with Gasteiger partial charge in [-0.05, 0) is 77.0 Å². The molecule has 0 heterocycles. The lowest BCUT2D eigenvalue weighted by atomic mass is 10.1. The number of ether oxygens (including phenoxy) is 2. The Morgan fingerprint density at radius 1 is 0.511 bits per heavy atom. The molecule has 5 nitrogen and oxygen atoms in total. The summed E-state index contributed by atoms with van der Waals surface area (Å²) in [5, 5.41) is 9.52. The van der Waals surface area contributed by atoms with Gasteiger partial charge >= 0.3 is 11.9 Å². The minimum Gasteiger partial charge on any atom is -0.462 e. The number of rotatable bonds is 32. The van der Waals surface area contributed by atoms with Crippen LogP contribution in [0.15, 0.2) is 60.8 Å². The fourth-order valence-electron chi connectivity index (χ4n) is 4.72. The largest absolute Gasteiger partial charge is 0.462 e. The molecule has 0 aliphatic carbocycles. The first-order valence-corrected chi connectivity index (χ1v) is 18.3. The van der Waals surface area contributed by atoms with E-state index in [4.69, 9.17) is 9.47 Å². The van der Waals surface area contributed by atoms with Crippen molar-refractivity contribution in [3.63, 3.8) is 0 Å². The summed E-state index contributed by atoms with van der Waals surface area (Å²) in [6.07, 6.45) is 45.6. The van der Waals surface area contributed by atoms with Crippen molar-refractivity contribution in [3.8, 4) is 0 Å². The highest BCUT2D eigenvalue weighted by atomic mass is 16.6. The molecule has 0 spiro atoms. The van der Waals surface area contributed by atoms with Crippen LogP contribution < -0.4 is 0 Å². The highest BCUT2D eigenvalue weighted by Gasteiger charge is 2.15. The number of allylic oxidation sites excluding steroid dienone is 10. The van der Waals surface area contributed by atoms with Crippen molar-refractivity contribution in [3.05, 3.63) is 60.8 Å². The molecule has 0 aliphatic rings. The number of aliphatic hydroxyl groups excluding tert-OH is 1. The number of unbranched alkanes of at least 4 members (excludes halogenated alkanes) is 14. The van der Waals surface area contributed by atoms with Crippen molar-refractivity contribution in [1.82, 2.24) is 0 Å². The maximum Gasteiger partial charge on any atom is 0.306 e. The SMILES string of the molecule is CCCCC/C=C\C/C=C\C/C=C\C/C=C\CCCC(=O)O[C@@H](CO)COC(=O)CCCCCCC/C=C\CCCCCCC. The molecular formula is C40H68O5. The summed E-state index contributed by atoms with van der Waals surface area (Å²) < 4.78 is 10.5. The number of esters is 2. The lowest BCUT2D eigenvalue weighted by molar-refractivity contribution is -0.161. The van der Waals surface area contributed by atoms with Crippen LogP contribution >= 0.6 is 0 Å². The van der Waals surface area contributed by atoms with Gasteiger partial charge in [0, 0.05) is 12.8 Å². The van der Waals surface area contributed by atoms with Crippen molar-refractivity contribution < 1.29 is 24.2 Å². The quantitative estimate of drug-likeness (QED) is 0.0456. The maximum absolute atomic E-state index is 12.1. The Morgan fingerprint density at radius 2 is 0.911 bits per heavy atom. The Kier molecular flexibility index (Phi) is 34.1. The minimum atomic E-state index is -0.803. The lowest BCUT2D eigenvalue weighted by Gasteiger charge is -2.15. The first-order valence-electron chi connectivity index (χ1n) is 18.3. The third-order valence-electron chi connectivity index (χ3n) is 7.53. The number of aliphatic hydroxyl groups is 1. The molecule has 0 unspecified atom stereocenters. The third-order valence-corrected chi connectivity index (χ3v) is 7.53. The highest BCUT2D eigenvalue weighted by Crippen LogP contribution is 2.10. The van der Waals surface area contributed by atoms with E-state index in [9.17, 15) is 14.7 Å². The summed E-state index contributed by atoms with van der Waals surface area (Å²) in [5.41, 5.74) is 0. The lowest BCUT2D eigenvalue weighted by Crippen LogP contribution is -2.28. The second-order valence-corrected chi connectivity index (χ2v) is 11.9. The molecule has 0 rings (SSSR count). The van der Waals surface area contributed by atoms with E-state index in [0.29, 0.717) is 12.8 Å². The van der Waals surface area contributed by atoms with Crippen molar-refractivity contribution >= 4 is 11.9 Å². The van der Waals surface area contributed by atoms with Gasteiger partial charge in [0.25, 0.3) is 0 Å². The van der Waals surface area contributed by atoms with Crippen LogP contribution in [0.2, 0.25) is 0 Å². The smallest absolute Gasteiger partial charge is 0.306 e. The Balaban J connectivity index is 3.71. The summed E-state index contributed by atoms with van der Waals surface area (Å²) in [5.74, 6) is -0.672. The molecule has 0 fully saturated rings. The predicted molar refractivity (Wildman–Crippen MR) is 191 cm³/mol. The molecule has 5 heteroatoms. The standard InChI is InChI=1S/C40H68O5/c1-3-5-7-9-11-13-15-17-19-20-21-23-25-27-29-31-33-35-40(43)45-38(36-41)37-44-39(42)34-32-30-28-26-24-22-18-16-14-12-10-8-6-4-2/h11,13,16-19,21,23,27,29,38,41H,3-10,12,14-15,20,22,24-26,28,30-37H2,1-2H3/b13-11-,18-16-,19-17-,23-21-,29-27-/t38-/m0/s1. The van der Waals surface area contributed by atoms with Crippen LogP contribution in [0, 0.1) is 0 Å². The van der Waals surface area contributed by atoms with E-state index in [2.05, 4.69) is 74.6 Å². The molecule has 1 atom stereocenters. The van der Waals surface area contributed by atoms with Crippen LogP contribution in [-0.4, -0.2) is 36.4 Å². The Bertz CT molecular complexity index is 808. The van der Waals surface area contributed by atoms with Crippen LogP contribution in [0.1, 0.15) is 162 Å². The van der Waals surface area contributed by atoms with Gasteiger partial charge < -0.3 is 14.6 Å². The predicted octanol–water partition coefficient (Wildman–Crippen LogP) is 11.2. The molecule has 0 aromatic carbocycles. The van der Waals surface area contributed by atoms with Crippen LogP contribution in [0.3, 0.4) is 0 Å². The summed E-state index contributed by atoms with van der Waals surface area (Å²) >= 11 is 0. The number of hydrogen-bond donors (Lipinski definition) is 1. The van der Waals surface area contributed by atoms with E-state index >= 15 is 0 Å².